The molecule has 24 heavy (non-hydrogen) atoms. The highest BCUT2D eigenvalue weighted by molar-refractivity contribution is 9.10. The van der Waals surface area contributed by atoms with E-state index < -0.39 is 5.91 Å². The Balaban J connectivity index is 2.32. The van der Waals surface area contributed by atoms with Gasteiger partial charge in [-0.25, -0.2) is 0 Å². The largest absolute Gasteiger partial charge is 0.497 e. The van der Waals surface area contributed by atoms with Gasteiger partial charge in [0.2, 0.25) is 0 Å². The number of nitrogens with zero attached hydrogens (tertiary/aromatic N) is 1. The van der Waals surface area contributed by atoms with E-state index in [9.17, 15) is 10.1 Å². The van der Waals surface area contributed by atoms with E-state index in [-0.39, 0.29) is 5.57 Å². The van der Waals surface area contributed by atoms with Crippen molar-refractivity contribution in [3.8, 4) is 17.6 Å². The van der Waals surface area contributed by atoms with Gasteiger partial charge < -0.3 is 14.8 Å². The first kappa shape index (κ1) is 17.6. The van der Waals surface area contributed by atoms with Crippen molar-refractivity contribution in [2.24, 2.45) is 0 Å². The molecule has 0 fully saturated rings. The number of hydrogen-bond donors (Lipinski definition) is 1. The molecule has 0 aliphatic heterocycles. The standard InChI is InChI=1S/C18H15BrN2O3/c1-23-16-6-7-17(24-2)12(9-16)8-13(11-20)18(22)21-15-5-3-4-14(19)10-15/h3-10H,1-2H3,(H,21,22)/b13-8+. The van der Waals surface area contributed by atoms with E-state index in [1.807, 2.05) is 12.1 Å². The molecule has 0 saturated carbocycles. The molecule has 2 aromatic rings. The maximum atomic E-state index is 12.3. The van der Waals surface area contributed by atoms with Crippen molar-refractivity contribution >= 4 is 33.6 Å². The van der Waals surface area contributed by atoms with E-state index >= 15 is 0 Å². The summed E-state index contributed by atoms with van der Waals surface area (Å²) in [5, 5.41) is 12.0. The minimum absolute atomic E-state index is 0.0403. The van der Waals surface area contributed by atoms with Crippen LogP contribution in [0.1, 0.15) is 5.56 Å². The zero-order valence-electron chi connectivity index (χ0n) is 13.2. The number of nitrogens with one attached hydrogen (secondary N) is 1. The molecule has 6 heteroatoms. The number of methoxy groups -OCH3 is 2. The molecule has 2 aromatic carbocycles. The van der Waals surface area contributed by atoms with Crippen LogP contribution >= 0.6 is 15.9 Å². The fourth-order valence-corrected chi connectivity index (χ4v) is 2.42. The molecule has 122 valence electrons. The van der Waals surface area contributed by atoms with E-state index in [1.165, 1.54) is 13.2 Å². The third-order valence-electron chi connectivity index (χ3n) is 3.18. The van der Waals surface area contributed by atoms with Crippen molar-refractivity contribution < 1.29 is 14.3 Å². The van der Waals surface area contributed by atoms with Crippen molar-refractivity contribution in [3.63, 3.8) is 0 Å². The highest BCUT2D eigenvalue weighted by Crippen LogP contribution is 2.26. The van der Waals surface area contributed by atoms with Crippen LogP contribution in [0.25, 0.3) is 6.08 Å². The number of carbonyl (C=O) groups is 1. The molecule has 0 aromatic heterocycles. The van der Waals surface area contributed by atoms with Gasteiger partial charge >= 0.3 is 0 Å². The monoisotopic (exact) mass is 386 g/mol. The fraction of sp³-hybridized carbons (Fsp3) is 0.111. The number of carbonyl (C=O) groups excluding carboxylic acids is 1. The molecule has 2 rings (SSSR count). The number of halogens is 1. The van der Waals surface area contributed by atoms with E-state index in [1.54, 1.807) is 43.5 Å². The Morgan fingerprint density at radius 2 is 2.00 bits per heavy atom. The molecule has 0 radical (unpaired) electrons. The summed E-state index contributed by atoms with van der Waals surface area (Å²) in [6, 6.07) is 14.2. The number of ether oxygens (including phenoxy) is 2. The Labute approximate surface area is 148 Å². The predicted octanol–water partition coefficient (Wildman–Crippen LogP) is 4.01. The van der Waals surface area contributed by atoms with Gasteiger partial charge in [0.1, 0.15) is 23.1 Å². The van der Waals surface area contributed by atoms with Crippen LogP contribution in [-0.2, 0) is 4.79 Å². The molecule has 0 atom stereocenters. The molecule has 1 N–H and O–H groups in total. The Bertz CT molecular complexity index is 825. The second-order valence-electron chi connectivity index (χ2n) is 4.74. The van der Waals surface area contributed by atoms with Crippen LogP contribution in [0.3, 0.4) is 0 Å². The summed E-state index contributed by atoms with van der Waals surface area (Å²) in [4.78, 5) is 12.3. The Morgan fingerprint density at radius 3 is 2.62 bits per heavy atom. The van der Waals surface area contributed by atoms with Crippen molar-refractivity contribution in [1.82, 2.24) is 0 Å². The van der Waals surface area contributed by atoms with Gasteiger partial charge in [-0.3, -0.25) is 4.79 Å². The lowest BCUT2D eigenvalue weighted by Crippen LogP contribution is -2.13. The molecule has 0 saturated heterocycles. The van der Waals surface area contributed by atoms with Crippen LogP contribution in [0, 0.1) is 11.3 Å². The summed E-state index contributed by atoms with van der Waals surface area (Å²) in [5.41, 5.74) is 1.13. The average molecular weight is 387 g/mol. The second kappa shape index (κ2) is 8.18. The van der Waals surface area contributed by atoms with Crippen molar-refractivity contribution in [1.29, 1.82) is 5.26 Å². The first-order valence-corrected chi connectivity index (χ1v) is 7.77. The molecule has 0 aliphatic carbocycles. The van der Waals surface area contributed by atoms with Crippen LogP contribution in [0.5, 0.6) is 11.5 Å². The number of anilines is 1. The number of hydrogen-bond acceptors (Lipinski definition) is 4. The van der Waals surface area contributed by atoms with E-state index in [0.717, 1.165) is 4.47 Å². The predicted molar refractivity (Wildman–Crippen MR) is 95.9 cm³/mol. The van der Waals surface area contributed by atoms with Gasteiger partial charge in [-0.15, -0.1) is 0 Å². The normalized spacial score (nSPS) is 10.7. The quantitative estimate of drug-likeness (QED) is 0.622. The van der Waals surface area contributed by atoms with Gasteiger partial charge in [0, 0.05) is 15.7 Å². The summed E-state index contributed by atoms with van der Waals surface area (Å²) in [6.07, 6.45) is 1.47. The molecule has 0 heterocycles. The minimum atomic E-state index is -0.500. The van der Waals surface area contributed by atoms with Gasteiger partial charge in [-0.1, -0.05) is 22.0 Å². The van der Waals surface area contributed by atoms with Crippen LogP contribution in [-0.4, -0.2) is 20.1 Å². The van der Waals surface area contributed by atoms with Gasteiger partial charge in [0.25, 0.3) is 5.91 Å². The van der Waals surface area contributed by atoms with Gasteiger partial charge in [0.05, 0.1) is 14.2 Å². The third-order valence-corrected chi connectivity index (χ3v) is 3.68. The molecule has 0 aliphatic rings. The van der Waals surface area contributed by atoms with Gasteiger partial charge in [-0.05, 0) is 42.5 Å². The molecular formula is C18H15BrN2O3. The first-order chi connectivity index (χ1) is 11.6. The topological polar surface area (TPSA) is 71.3 Å². The minimum Gasteiger partial charge on any atom is -0.497 e. The maximum absolute atomic E-state index is 12.3. The molecule has 0 bridgehead atoms. The van der Waals surface area contributed by atoms with Crippen LogP contribution in [0.4, 0.5) is 5.69 Å². The van der Waals surface area contributed by atoms with Crippen molar-refractivity contribution in [2.45, 2.75) is 0 Å². The molecule has 0 spiro atoms. The SMILES string of the molecule is COc1ccc(OC)c(/C=C(\C#N)C(=O)Nc2cccc(Br)c2)c1. The summed E-state index contributed by atoms with van der Waals surface area (Å²) in [6.45, 7) is 0. The van der Waals surface area contributed by atoms with Gasteiger partial charge in [0.15, 0.2) is 0 Å². The maximum Gasteiger partial charge on any atom is 0.266 e. The first-order valence-electron chi connectivity index (χ1n) is 6.98. The zero-order valence-corrected chi connectivity index (χ0v) is 14.8. The number of nitriles is 1. The second-order valence-corrected chi connectivity index (χ2v) is 5.66. The highest BCUT2D eigenvalue weighted by Gasteiger charge is 2.12. The number of rotatable bonds is 5. The highest BCUT2D eigenvalue weighted by atomic mass is 79.9. The average Bonchev–Trinajstić information content (AvgIpc) is 2.59. The molecular weight excluding hydrogens is 372 g/mol. The van der Waals surface area contributed by atoms with E-state index in [2.05, 4.69) is 21.2 Å². The Kier molecular flexibility index (Phi) is 5.99. The summed E-state index contributed by atoms with van der Waals surface area (Å²) < 4.78 is 11.3. The molecule has 0 unspecified atom stereocenters. The van der Waals surface area contributed by atoms with Crippen molar-refractivity contribution in [3.05, 3.63) is 58.1 Å². The van der Waals surface area contributed by atoms with E-state index in [4.69, 9.17) is 9.47 Å². The molecule has 5 nitrogen and oxygen atoms in total. The van der Waals surface area contributed by atoms with Crippen molar-refractivity contribution in [2.75, 3.05) is 19.5 Å². The third kappa shape index (κ3) is 4.37. The van der Waals surface area contributed by atoms with Crippen LogP contribution in [0.2, 0.25) is 0 Å². The summed E-state index contributed by atoms with van der Waals surface area (Å²) in [5.74, 6) is 0.644. The lowest BCUT2D eigenvalue weighted by atomic mass is 10.1. The number of amides is 1. The lowest BCUT2D eigenvalue weighted by Gasteiger charge is -2.08. The smallest absolute Gasteiger partial charge is 0.266 e. The Morgan fingerprint density at radius 1 is 1.21 bits per heavy atom. The van der Waals surface area contributed by atoms with Gasteiger partial charge in [-0.2, -0.15) is 5.26 Å². The van der Waals surface area contributed by atoms with Crippen LogP contribution in [0.15, 0.2) is 52.5 Å². The zero-order chi connectivity index (χ0) is 17.5. The van der Waals surface area contributed by atoms with E-state index in [0.29, 0.717) is 22.7 Å². The summed E-state index contributed by atoms with van der Waals surface area (Å²) in [7, 11) is 3.06. The summed E-state index contributed by atoms with van der Waals surface area (Å²) >= 11 is 3.33. The fourth-order valence-electron chi connectivity index (χ4n) is 2.02. The van der Waals surface area contributed by atoms with Crippen LogP contribution < -0.4 is 14.8 Å². The molecule has 1 amide bonds. The number of benzene rings is 2. The lowest BCUT2D eigenvalue weighted by molar-refractivity contribution is -0.112. The Hall–Kier alpha value is -2.78.